The zero-order chi connectivity index (χ0) is 15.9. The number of hydrogen-bond acceptors (Lipinski definition) is 6. The van der Waals surface area contributed by atoms with Crippen molar-refractivity contribution in [3.05, 3.63) is 60.2 Å². The van der Waals surface area contributed by atoms with E-state index in [4.69, 9.17) is 14.3 Å². The van der Waals surface area contributed by atoms with Crippen LogP contribution in [-0.2, 0) is 0 Å². The molecule has 2 heterocycles. The number of aliphatic hydroxyl groups excluding tert-OH is 1. The molecule has 6 heteroatoms. The van der Waals surface area contributed by atoms with E-state index in [-0.39, 0.29) is 19.1 Å². The summed E-state index contributed by atoms with van der Waals surface area (Å²) in [7, 11) is 0. The highest BCUT2D eigenvalue weighted by Gasteiger charge is 2.12. The maximum atomic E-state index is 8.87. The highest BCUT2D eigenvalue weighted by molar-refractivity contribution is 5.62. The molecule has 0 bridgehead atoms. The number of nitrogens with zero attached hydrogens (tertiary/aromatic N) is 3. The van der Waals surface area contributed by atoms with Gasteiger partial charge in [-0.15, -0.1) is 5.10 Å². The quantitative estimate of drug-likeness (QED) is 0.741. The molecule has 0 fully saturated rings. The number of rotatable bonds is 4. The fourth-order valence-corrected chi connectivity index (χ4v) is 1.87. The monoisotopic (exact) mass is 307 g/mol. The number of hydrogen-bond donors (Lipinski definition) is 1. The van der Waals surface area contributed by atoms with Crippen LogP contribution in [-0.4, -0.2) is 33.5 Å². The summed E-state index contributed by atoms with van der Waals surface area (Å²) in [5, 5.41) is 16.8. The van der Waals surface area contributed by atoms with Crippen LogP contribution in [0.4, 0.5) is 0 Å². The molecule has 0 saturated heterocycles. The number of benzene rings is 1. The SMILES string of the molecule is OCCOc1ccccc1-c1nnc(C#Cc2cccnc2)o1. The maximum Gasteiger partial charge on any atom is 0.294 e. The smallest absolute Gasteiger partial charge is 0.294 e. The largest absolute Gasteiger partial charge is 0.490 e. The summed E-state index contributed by atoms with van der Waals surface area (Å²) in [6, 6.07) is 10.9. The van der Waals surface area contributed by atoms with Gasteiger partial charge in [0.15, 0.2) is 0 Å². The van der Waals surface area contributed by atoms with Gasteiger partial charge in [-0.25, -0.2) is 0 Å². The van der Waals surface area contributed by atoms with Crippen molar-refractivity contribution in [2.75, 3.05) is 13.2 Å². The van der Waals surface area contributed by atoms with Crippen molar-refractivity contribution in [2.24, 2.45) is 0 Å². The minimum Gasteiger partial charge on any atom is -0.490 e. The average molecular weight is 307 g/mol. The summed E-state index contributed by atoms with van der Waals surface area (Å²) in [6.45, 7) is 0.124. The molecule has 3 aromatic rings. The predicted octanol–water partition coefficient (Wildman–Crippen LogP) is 1.90. The first-order chi connectivity index (χ1) is 11.4. The molecular weight excluding hydrogens is 294 g/mol. The number of pyridine rings is 1. The molecule has 0 aliphatic rings. The number of aromatic nitrogens is 3. The van der Waals surface area contributed by atoms with Gasteiger partial charge in [0, 0.05) is 18.0 Å². The first-order valence-electron chi connectivity index (χ1n) is 6.95. The number of para-hydroxylation sites is 1. The molecule has 6 nitrogen and oxygen atoms in total. The highest BCUT2D eigenvalue weighted by atomic mass is 16.5. The maximum absolute atomic E-state index is 8.87. The molecule has 1 aromatic carbocycles. The van der Waals surface area contributed by atoms with Crippen molar-refractivity contribution in [1.29, 1.82) is 0 Å². The first kappa shape index (κ1) is 14.8. The Labute approximate surface area is 132 Å². The predicted molar refractivity (Wildman–Crippen MR) is 82.5 cm³/mol. The van der Waals surface area contributed by atoms with Gasteiger partial charge in [-0.1, -0.05) is 23.2 Å². The molecule has 0 atom stereocenters. The first-order valence-corrected chi connectivity index (χ1v) is 6.95. The van der Waals surface area contributed by atoms with Gasteiger partial charge >= 0.3 is 0 Å². The van der Waals surface area contributed by atoms with E-state index >= 15 is 0 Å². The van der Waals surface area contributed by atoms with E-state index in [0.717, 1.165) is 5.56 Å². The van der Waals surface area contributed by atoms with Gasteiger partial charge < -0.3 is 14.3 Å². The molecule has 0 aliphatic heterocycles. The fraction of sp³-hybridized carbons (Fsp3) is 0.118. The Morgan fingerprint density at radius 1 is 1.09 bits per heavy atom. The lowest BCUT2D eigenvalue weighted by atomic mass is 10.2. The zero-order valence-corrected chi connectivity index (χ0v) is 12.1. The van der Waals surface area contributed by atoms with Crippen LogP contribution < -0.4 is 4.74 Å². The lowest BCUT2D eigenvalue weighted by Crippen LogP contribution is -2.02. The van der Waals surface area contributed by atoms with Crippen molar-refractivity contribution < 1.29 is 14.3 Å². The van der Waals surface area contributed by atoms with Gasteiger partial charge in [0.05, 0.1) is 12.2 Å². The molecule has 23 heavy (non-hydrogen) atoms. The lowest BCUT2D eigenvalue weighted by Gasteiger charge is -2.06. The zero-order valence-electron chi connectivity index (χ0n) is 12.1. The summed E-state index contributed by atoms with van der Waals surface area (Å²) in [5.74, 6) is 6.79. The molecule has 2 aromatic heterocycles. The van der Waals surface area contributed by atoms with Crippen molar-refractivity contribution in [3.63, 3.8) is 0 Å². The molecule has 0 spiro atoms. The van der Waals surface area contributed by atoms with Crippen molar-refractivity contribution >= 4 is 0 Å². The minimum absolute atomic E-state index is 0.0694. The Balaban J connectivity index is 1.84. The summed E-state index contributed by atoms with van der Waals surface area (Å²) in [6.07, 6.45) is 3.33. The van der Waals surface area contributed by atoms with Crippen LogP contribution in [0.15, 0.2) is 53.2 Å². The van der Waals surface area contributed by atoms with Gasteiger partial charge in [-0.3, -0.25) is 4.98 Å². The van der Waals surface area contributed by atoms with Gasteiger partial charge in [-0.2, -0.15) is 0 Å². The third-order valence-corrected chi connectivity index (χ3v) is 2.87. The van der Waals surface area contributed by atoms with Crippen molar-refractivity contribution in [3.8, 4) is 29.0 Å². The Morgan fingerprint density at radius 2 is 2.00 bits per heavy atom. The molecular formula is C17H13N3O3. The summed E-state index contributed by atoms with van der Waals surface area (Å²) < 4.78 is 11.0. The topological polar surface area (TPSA) is 81.3 Å². The second-order valence-electron chi connectivity index (χ2n) is 4.47. The van der Waals surface area contributed by atoms with Gasteiger partial charge in [0.1, 0.15) is 12.4 Å². The van der Waals surface area contributed by atoms with E-state index in [0.29, 0.717) is 17.2 Å². The van der Waals surface area contributed by atoms with E-state index in [1.165, 1.54) is 0 Å². The minimum atomic E-state index is -0.0694. The molecule has 0 aliphatic carbocycles. The Kier molecular flexibility index (Phi) is 4.62. The van der Waals surface area contributed by atoms with Crippen LogP contribution in [0, 0.1) is 11.8 Å². The second kappa shape index (κ2) is 7.20. The molecule has 114 valence electrons. The standard InChI is InChI=1S/C17H13N3O3/c21-10-11-22-15-6-2-1-5-14(15)17-20-19-16(23-17)8-7-13-4-3-9-18-12-13/h1-6,9,12,21H,10-11H2. The van der Waals surface area contributed by atoms with E-state index < -0.39 is 0 Å². The van der Waals surface area contributed by atoms with Gasteiger partial charge in [-0.05, 0) is 30.2 Å². The van der Waals surface area contributed by atoms with Crippen LogP contribution in [0.5, 0.6) is 5.75 Å². The lowest BCUT2D eigenvalue weighted by molar-refractivity contribution is 0.201. The molecule has 0 radical (unpaired) electrons. The third kappa shape index (κ3) is 3.73. The van der Waals surface area contributed by atoms with E-state index in [1.54, 1.807) is 30.6 Å². The van der Waals surface area contributed by atoms with Gasteiger partial charge in [0.25, 0.3) is 11.8 Å². The van der Waals surface area contributed by atoms with E-state index in [2.05, 4.69) is 27.0 Å². The van der Waals surface area contributed by atoms with Crippen LogP contribution in [0.25, 0.3) is 11.5 Å². The van der Waals surface area contributed by atoms with E-state index in [1.807, 2.05) is 18.2 Å². The Hall–Kier alpha value is -3.17. The van der Waals surface area contributed by atoms with Crippen LogP contribution in [0.3, 0.4) is 0 Å². The third-order valence-electron chi connectivity index (χ3n) is 2.87. The molecule has 1 N–H and O–H groups in total. The number of ether oxygens (including phenoxy) is 1. The Bertz CT molecular complexity index is 835. The van der Waals surface area contributed by atoms with Crippen molar-refractivity contribution in [2.45, 2.75) is 0 Å². The molecule has 3 rings (SSSR count). The fourth-order valence-electron chi connectivity index (χ4n) is 1.87. The number of aliphatic hydroxyl groups is 1. The summed E-state index contributed by atoms with van der Waals surface area (Å²) >= 11 is 0. The normalized spacial score (nSPS) is 9.96. The summed E-state index contributed by atoms with van der Waals surface area (Å²) in [4.78, 5) is 3.98. The summed E-state index contributed by atoms with van der Waals surface area (Å²) in [5.41, 5.74) is 1.42. The highest BCUT2D eigenvalue weighted by Crippen LogP contribution is 2.28. The molecule has 0 amide bonds. The Morgan fingerprint density at radius 3 is 2.83 bits per heavy atom. The second-order valence-corrected chi connectivity index (χ2v) is 4.47. The van der Waals surface area contributed by atoms with Crippen molar-refractivity contribution in [1.82, 2.24) is 15.2 Å². The van der Waals surface area contributed by atoms with Gasteiger partial charge in [0.2, 0.25) is 0 Å². The van der Waals surface area contributed by atoms with Crippen LogP contribution >= 0.6 is 0 Å². The van der Waals surface area contributed by atoms with Crippen LogP contribution in [0.1, 0.15) is 11.5 Å². The van der Waals surface area contributed by atoms with Crippen LogP contribution in [0.2, 0.25) is 0 Å². The van der Waals surface area contributed by atoms with E-state index in [9.17, 15) is 0 Å². The molecule has 0 unspecified atom stereocenters. The average Bonchev–Trinajstić information content (AvgIpc) is 3.08. The molecule has 0 saturated carbocycles.